The number of carbonyl (C=O) groups is 3. The summed E-state index contributed by atoms with van der Waals surface area (Å²) in [6.07, 6.45) is 3.29. The Morgan fingerprint density at radius 1 is 1.07 bits per heavy atom. The first-order chi connectivity index (χ1) is 7.16. The molecule has 2 aliphatic rings. The van der Waals surface area contributed by atoms with Gasteiger partial charge in [0.05, 0.1) is 19.1 Å². The number of imide groups is 1. The monoisotopic (exact) mass is 210 g/mol. The third-order valence-corrected chi connectivity index (χ3v) is 2.94. The van der Waals surface area contributed by atoms with Gasteiger partial charge in [0.2, 0.25) is 11.8 Å². The summed E-state index contributed by atoms with van der Waals surface area (Å²) >= 11 is 0. The summed E-state index contributed by atoms with van der Waals surface area (Å²) < 4.78 is 0. The summed E-state index contributed by atoms with van der Waals surface area (Å²) in [6, 6.07) is -0.214. The molecule has 5 heteroatoms. The van der Waals surface area contributed by atoms with E-state index in [0.29, 0.717) is 6.42 Å². The molecule has 0 aromatic heterocycles. The molecule has 1 saturated carbocycles. The number of hydrogen-bond donors (Lipinski definition) is 1. The van der Waals surface area contributed by atoms with E-state index >= 15 is 0 Å². The first-order valence-electron chi connectivity index (χ1n) is 5.26. The molecule has 5 nitrogen and oxygen atoms in total. The largest absolute Gasteiger partial charge is 0.298 e. The van der Waals surface area contributed by atoms with Gasteiger partial charge < -0.3 is 0 Å². The van der Waals surface area contributed by atoms with E-state index in [1.165, 1.54) is 0 Å². The van der Waals surface area contributed by atoms with Crippen molar-refractivity contribution in [3.63, 3.8) is 0 Å². The highest BCUT2D eigenvalue weighted by Gasteiger charge is 2.33. The topological polar surface area (TPSA) is 66.5 Å². The van der Waals surface area contributed by atoms with Crippen molar-refractivity contribution in [2.45, 2.75) is 31.7 Å². The lowest BCUT2D eigenvalue weighted by Crippen LogP contribution is -2.57. The molecule has 0 bridgehead atoms. The van der Waals surface area contributed by atoms with Gasteiger partial charge in [0, 0.05) is 6.42 Å². The molecule has 1 saturated heterocycles. The molecule has 0 aromatic carbocycles. The Morgan fingerprint density at radius 3 is 2.33 bits per heavy atom. The lowest BCUT2D eigenvalue weighted by atomic mass is 9.92. The Bertz CT molecular complexity index is 298. The van der Waals surface area contributed by atoms with Crippen molar-refractivity contribution in [1.29, 1.82) is 0 Å². The maximum Gasteiger partial charge on any atom is 0.240 e. The van der Waals surface area contributed by atoms with Gasteiger partial charge >= 0.3 is 0 Å². The van der Waals surface area contributed by atoms with Crippen LogP contribution in [0.1, 0.15) is 25.7 Å². The lowest BCUT2D eigenvalue weighted by molar-refractivity contribution is -0.139. The third-order valence-electron chi connectivity index (χ3n) is 2.94. The van der Waals surface area contributed by atoms with Gasteiger partial charge in [0.25, 0.3) is 0 Å². The molecule has 0 aromatic rings. The molecular weight excluding hydrogens is 196 g/mol. The van der Waals surface area contributed by atoms with E-state index in [9.17, 15) is 14.4 Å². The van der Waals surface area contributed by atoms with E-state index < -0.39 is 0 Å². The fourth-order valence-corrected chi connectivity index (χ4v) is 2.23. The van der Waals surface area contributed by atoms with Crippen molar-refractivity contribution in [2.75, 3.05) is 13.1 Å². The van der Waals surface area contributed by atoms with Crippen LogP contribution in [0.2, 0.25) is 0 Å². The van der Waals surface area contributed by atoms with Crippen molar-refractivity contribution in [1.82, 2.24) is 10.2 Å². The maximum absolute atomic E-state index is 11.6. The Morgan fingerprint density at radius 2 is 1.73 bits per heavy atom. The lowest BCUT2D eigenvalue weighted by Gasteiger charge is -2.34. The summed E-state index contributed by atoms with van der Waals surface area (Å²) in [7, 11) is 0. The van der Waals surface area contributed by atoms with Gasteiger partial charge in [-0.05, 0) is 12.8 Å². The SMILES string of the molecule is O=C1CN(C2CCCCC2=O)CC(=O)N1. The number of ketones is 1. The Kier molecular flexibility index (Phi) is 2.81. The molecular formula is C10H14N2O3. The highest BCUT2D eigenvalue weighted by atomic mass is 16.2. The Labute approximate surface area is 87.8 Å². The predicted molar refractivity (Wildman–Crippen MR) is 52.0 cm³/mol. The van der Waals surface area contributed by atoms with Crippen LogP contribution in [-0.2, 0) is 14.4 Å². The molecule has 2 amide bonds. The van der Waals surface area contributed by atoms with Crippen molar-refractivity contribution in [2.24, 2.45) is 0 Å². The van der Waals surface area contributed by atoms with E-state index in [-0.39, 0.29) is 36.7 Å². The van der Waals surface area contributed by atoms with Gasteiger partial charge in [-0.2, -0.15) is 0 Å². The van der Waals surface area contributed by atoms with Crippen LogP contribution in [0.4, 0.5) is 0 Å². The smallest absolute Gasteiger partial charge is 0.240 e. The fraction of sp³-hybridized carbons (Fsp3) is 0.700. The van der Waals surface area contributed by atoms with E-state index in [0.717, 1.165) is 19.3 Å². The Balaban J connectivity index is 2.05. The second-order valence-corrected chi connectivity index (χ2v) is 4.10. The molecule has 82 valence electrons. The van der Waals surface area contributed by atoms with E-state index in [1.54, 1.807) is 4.90 Å². The third kappa shape index (κ3) is 2.23. The number of Topliss-reactive ketones (excluding diaryl/α,β-unsaturated/α-hetero) is 1. The first kappa shape index (κ1) is 10.3. The minimum absolute atomic E-state index is 0.169. The first-order valence-corrected chi connectivity index (χ1v) is 5.26. The van der Waals surface area contributed by atoms with E-state index in [2.05, 4.69) is 5.32 Å². The quantitative estimate of drug-likeness (QED) is 0.590. The number of carbonyl (C=O) groups excluding carboxylic acids is 3. The fourth-order valence-electron chi connectivity index (χ4n) is 2.23. The minimum Gasteiger partial charge on any atom is -0.298 e. The summed E-state index contributed by atoms with van der Waals surface area (Å²) in [5, 5.41) is 2.23. The molecule has 2 rings (SSSR count). The molecule has 1 N–H and O–H groups in total. The van der Waals surface area contributed by atoms with Gasteiger partial charge in [-0.15, -0.1) is 0 Å². The standard InChI is InChI=1S/C10H14N2O3/c13-8-4-2-1-3-7(8)12-5-9(14)11-10(15)6-12/h7H,1-6H2,(H,11,14,15). The van der Waals surface area contributed by atoms with Gasteiger partial charge in [-0.3, -0.25) is 24.6 Å². The molecule has 15 heavy (non-hydrogen) atoms. The summed E-state index contributed by atoms with van der Waals surface area (Å²) in [6.45, 7) is 0.338. The summed E-state index contributed by atoms with van der Waals surface area (Å²) in [5.41, 5.74) is 0. The molecule has 0 spiro atoms. The zero-order valence-corrected chi connectivity index (χ0v) is 8.49. The van der Waals surface area contributed by atoms with Crippen LogP contribution in [0, 0.1) is 0 Å². The molecule has 1 aliphatic heterocycles. The van der Waals surface area contributed by atoms with Crippen molar-refractivity contribution >= 4 is 17.6 Å². The average molecular weight is 210 g/mol. The van der Waals surface area contributed by atoms with Crippen LogP contribution >= 0.6 is 0 Å². The van der Waals surface area contributed by atoms with E-state index in [1.807, 2.05) is 0 Å². The second-order valence-electron chi connectivity index (χ2n) is 4.10. The number of hydrogen-bond acceptors (Lipinski definition) is 4. The van der Waals surface area contributed by atoms with Gasteiger partial charge in [-0.25, -0.2) is 0 Å². The molecule has 2 fully saturated rings. The highest BCUT2D eigenvalue weighted by molar-refractivity contribution is 6.00. The zero-order valence-electron chi connectivity index (χ0n) is 8.49. The van der Waals surface area contributed by atoms with Gasteiger partial charge in [-0.1, -0.05) is 6.42 Å². The summed E-state index contributed by atoms with van der Waals surface area (Å²) in [5.74, 6) is -0.432. The average Bonchev–Trinajstić information content (AvgIpc) is 2.16. The molecule has 1 unspecified atom stereocenters. The zero-order chi connectivity index (χ0) is 10.8. The van der Waals surface area contributed by atoms with Crippen molar-refractivity contribution < 1.29 is 14.4 Å². The predicted octanol–water partition coefficient (Wildman–Crippen LogP) is -0.543. The molecule has 0 radical (unpaired) electrons. The minimum atomic E-state index is -0.301. The van der Waals surface area contributed by atoms with Crippen LogP contribution < -0.4 is 5.32 Å². The number of piperazine rings is 1. The Hall–Kier alpha value is -1.23. The van der Waals surface area contributed by atoms with E-state index in [4.69, 9.17) is 0 Å². The number of rotatable bonds is 1. The maximum atomic E-state index is 11.6. The van der Waals surface area contributed by atoms with Crippen molar-refractivity contribution in [3.05, 3.63) is 0 Å². The van der Waals surface area contributed by atoms with Gasteiger partial charge in [0.15, 0.2) is 0 Å². The van der Waals surface area contributed by atoms with Gasteiger partial charge in [0.1, 0.15) is 5.78 Å². The van der Waals surface area contributed by atoms with Crippen LogP contribution in [0.3, 0.4) is 0 Å². The van der Waals surface area contributed by atoms with Crippen LogP contribution in [0.15, 0.2) is 0 Å². The normalized spacial score (nSPS) is 29.1. The van der Waals surface area contributed by atoms with Crippen LogP contribution in [0.5, 0.6) is 0 Å². The number of amides is 2. The highest BCUT2D eigenvalue weighted by Crippen LogP contribution is 2.20. The van der Waals surface area contributed by atoms with Crippen LogP contribution in [0.25, 0.3) is 0 Å². The van der Waals surface area contributed by atoms with Crippen LogP contribution in [-0.4, -0.2) is 41.6 Å². The second kappa shape index (κ2) is 4.10. The summed E-state index contributed by atoms with van der Waals surface area (Å²) in [4.78, 5) is 35.6. The van der Waals surface area contributed by atoms with Crippen molar-refractivity contribution in [3.8, 4) is 0 Å². The number of nitrogens with zero attached hydrogens (tertiary/aromatic N) is 1. The molecule has 1 aliphatic carbocycles. The molecule has 1 atom stereocenters. The number of nitrogens with one attached hydrogen (secondary N) is 1. The molecule has 1 heterocycles.